The molecular formula is C17H31N. The zero-order valence-corrected chi connectivity index (χ0v) is 12.8. The summed E-state index contributed by atoms with van der Waals surface area (Å²) in [4.78, 5) is 0. The van der Waals surface area contributed by atoms with Crippen molar-refractivity contribution in [1.82, 2.24) is 5.32 Å². The zero-order valence-electron chi connectivity index (χ0n) is 12.8. The van der Waals surface area contributed by atoms with Gasteiger partial charge in [0.15, 0.2) is 0 Å². The van der Waals surface area contributed by atoms with E-state index in [1.807, 2.05) is 0 Å². The molecule has 0 spiro atoms. The van der Waals surface area contributed by atoms with Crippen LogP contribution in [0.25, 0.3) is 0 Å². The van der Waals surface area contributed by atoms with E-state index in [2.05, 4.69) is 33.0 Å². The van der Waals surface area contributed by atoms with Gasteiger partial charge in [0.1, 0.15) is 0 Å². The first kappa shape index (κ1) is 13.0. The standard InChI is InChI=1S/C17H31N/c1-5-6-18-13(2)17-9-14-7-15(3,11-17)10-16(4,8-14)12-17/h13-14,18H,5-12H2,1-4H3. The van der Waals surface area contributed by atoms with Gasteiger partial charge < -0.3 is 5.32 Å². The highest BCUT2D eigenvalue weighted by molar-refractivity contribution is 5.12. The molecule has 3 atom stereocenters. The van der Waals surface area contributed by atoms with Crippen molar-refractivity contribution in [1.29, 1.82) is 0 Å². The van der Waals surface area contributed by atoms with Gasteiger partial charge >= 0.3 is 0 Å². The Kier molecular flexibility index (Phi) is 2.86. The van der Waals surface area contributed by atoms with E-state index in [0.29, 0.717) is 16.2 Å². The van der Waals surface area contributed by atoms with Crippen LogP contribution in [0.5, 0.6) is 0 Å². The minimum atomic E-state index is 0.623. The maximum absolute atomic E-state index is 3.82. The van der Waals surface area contributed by atoms with Crippen LogP contribution in [-0.2, 0) is 0 Å². The molecule has 1 N–H and O–H groups in total. The molecule has 0 amide bonds. The maximum atomic E-state index is 3.82. The fourth-order valence-corrected chi connectivity index (χ4v) is 6.60. The van der Waals surface area contributed by atoms with Crippen LogP contribution in [0.15, 0.2) is 0 Å². The van der Waals surface area contributed by atoms with E-state index in [1.54, 1.807) is 0 Å². The Morgan fingerprint density at radius 3 is 2.17 bits per heavy atom. The van der Waals surface area contributed by atoms with Gasteiger partial charge in [-0.3, -0.25) is 0 Å². The normalized spacial score (nSPS) is 51.7. The molecular weight excluding hydrogens is 218 g/mol. The van der Waals surface area contributed by atoms with Crippen molar-refractivity contribution in [3.63, 3.8) is 0 Å². The van der Waals surface area contributed by atoms with Gasteiger partial charge in [0, 0.05) is 6.04 Å². The number of hydrogen-bond acceptors (Lipinski definition) is 1. The first-order valence-electron chi connectivity index (χ1n) is 8.12. The van der Waals surface area contributed by atoms with Crippen LogP contribution in [0.1, 0.15) is 72.6 Å². The molecule has 0 saturated heterocycles. The zero-order chi connectivity index (χ0) is 13.0. The first-order valence-corrected chi connectivity index (χ1v) is 8.12. The van der Waals surface area contributed by atoms with E-state index >= 15 is 0 Å². The van der Waals surface area contributed by atoms with Gasteiger partial charge in [-0.25, -0.2) is 0 Å². The molecule has 0 radical (unpaired) electrons. The maximum Gasteiger partial charge on any atom is 0.00956 e. The van der Waals surface area contributed by atoms with Gasteiger partial charge in [0.25, 0.3) is 0 Å². The van der Waals surface area contributed by atoms with Gasteiger partial charge in [0.2, 0.25) is 0 Å². The Bertz CT molecular complexity index is 317. The van der Waals surface area contributed by atoms with Gasteiger partial charge in [-0.1, -0.05) is 20.8 Å². The smallest absolute Gasteiger partial charge is 0.00956 e. The predicted molar refractivity (Wildman–Crippen MR) is 77.6 cm³/mol. The molecule has 4 fully saturated rings. The van der Waals surface area contributed by atoms with Crippen LogP contribution in [0.2, 0.25) is 0 Å². The lowest BCUT2D eigenvalue weighted by Gasteiger charge is -2.67. The quantitative estimate of drug-likeness (QED) is 0.780. The third kappa shape index (κ3) is 1.94. The highest BCUT2D eigenvalue weighted by Crippen LogP contribution is 2.70. The van der Waals surface area contributed by atoms with E-state index in [4.69, 9.17) is 0 Å². The van der Waals surface area contributed by atoms with Crippen molar-refractivity contribution in [2.75, 3.05) is 6.54 Å². The molecule has 0 aromatic carbocycles. The van der Waals surface area contributed by atoms with Crippen molar-refractivity contribution < 1.29 is 0 Å². The Balaban J connectivity index is 1.84. The van der Waals surface area contributed by atoms with Crippen molar-refractivity contribution >= 4 is 0 Å². The van der Waals surface area contributed by atoms with E-state index in [0.717, 1.165) is 12.0 Å². The largest absolute Gasteiger partial charge is 0.314 e. The Morgan fingerprint density at radius 1 is 1.06 bits per heavy atom. The summed E-state index contributed by atoms with van der Waals surface area (Å²) < 4.78 is 0. The van der Waals surface area contributed by atoms with Crippen LogP contribution >= 0.6 is 0 Å². The molecule has 4 rings (SSSR count). The number of nitrogens with one attached hydrogen (secondary N) is 1. The Morgan fingerprint density at radius 2 is 1.67 bits per heavy atom. The monoisotopic (exact) mass is 249 g/mol. The molecule has 3 unspecified atom stereocenters. The van der Waals surface area contributed by atoms with Crippen molar-refractivity contribution in [2.45, 2.75) is 78.7 Å². The van der Waals surface area contributed by atoms with Gasteiger partial charge in [-0.15, -0.1) is 0 Å². The molecule has 4 saturated carbocycles. The molecule has 4 aliphatic rings. The van der Waals surface area contributed by atoms with E-state index in [-0.39, 0.29) is 0 Å². The number of hydrogen-bond donors (Lipinski definition) is 1. The van der Waals surface area contributed by atoms with Crippen LogP contribution in [0.3, 0.4) is 0 Å². The summed E-state index contributed by atoms with van der Waals surface area (Å²) in [5, 5.41) is 3.82. The van der Waals surface area contributed by atoms with Gasteiger partial charge in [0.05, 0.1) is 0 Å². The molecule has 0 aliphatic heterocycles. The minimum Gasteiger partial charge on any atom is -0.314 e. The average molecular weight is 249 g/mol. The van der Waals surface area contributed by atoms with Gasteiger partial charge in [-0.2, -0.15) is 0 Å². The van der Waals surface area contributed by atoms with E-state index in [9.17, 15) is 0 Å². The summed E-state index contributed by atoms with van der Waals surface area (Å²) in [5.74, 6) is 1.03. The fourth-order valence-electron chi connectivity index (χ4n) is 6.60. The summed E-state index contributed by atoms with van der Waals surface area (Å²) in [6.45, 7) is 11.1. The summed E-state index contributed by atoms with van der Waals surface area (Å²) in [7, 11) is 0. The van der Waals surface area contributed by atoms with Crippen molar-refractivity contribution in [2.24, 2.45) is 22.2 Å². The molecule has 1 heteroatoms. The van der Waals surface area contributed by atoms with Crippen molar-refractivity contribution in [3.05, 3.63) is 0 Å². The Labute approximate surface area is 113 Å². The molecule has 18 heavy (non-hydrogen) atoms. The molecule has 4 bridgehead atoms. The topological polar surface area (TPSA) is 12.0 Å². The second-order valence-corrected chi connectivity index (χ2v) is 8.67. The number of rotatable bonds is 4. The summed E-state index contributed by atoms with van der Waals surface area (Å²) in [6.07, 6.45) is 10.3. The van der Waals surface area contributed by atoms with Crippen LogP contribution < -0.4 is 5.32 Å². The van der Waals surface area contributed by atoms with E-state index < -0.39 is 0 Å². The molecule has 1 nitrogen and oxygen atoms in total. The molecule has 0 aromatic rings. The lowest BCUT2D eigenvalue weighted by atomic mass is 9.39. The lowest BCUT2D eigenvalue weighted by Crippen LogP contribution is -2.60. The second kappa shape index (κ2) is 3.98. The lowest BCUT2D eigenvalue weighted by molar-refractivity contribution is -0.155. The second-order valence-electron chi connectivity index (χ2n) is 8.67. The summed E-state index contributed by atoms with van der Waals surface area (Å²) in [6, 6.07) is 0.722. The third-order valence-electron chi connectivity index (χ3n) is 6.29. The molecule has 0 aromatic heterocycles. The molecule has 4 aliphatic carbocycles. The highest BCUT2D eigenvalue weighted by Gasteiger charge is 2.61. The molecule has 104 valence electrons. The van der Waals surface area contributed by atoms with Crippen LogP contribution in [0, 0.1) is 22.2 Å². The third-order valence-corrected chi connectivity index (χ3v) is 6.29. The SMILES string of the molecule is CCCNC(C)C12CC3CC(C)(CC(C)(C3)C1)C2. The van der Waals surface area contributed by atoms with Crippen LogP contribution in [-0.4, -0.2) is 12.6 Å². The van der Waals surface area contributed by atoms with E-state index in [1.165, 1.54) is 51.5 Å². The first-order chi connectivity index (χ1) is 8.39. The minimum absolute atomic E-state index is 0.623. The van der Waals surface area contributed by atoms with Gasteiger partial charge in [-0.05, 0) is 80.6 Å². The summed E-state index contributed by atoms with van der Waals surface area (Å²) >= 11 is 0. The van der Waals surface area contributed by atoms with Crippen molar-refractivity contribution in [3.8, 4) is 0 Å². The predicted octanol–water partition coefficient (Wildman–Crippen LogP) is 4.37. The van der Waals surface area contributed by atoms with Crippen LogP contribution in [0.4, 0.5) is 0 Å². The fraction of sp³-hybridized carbons (Fsp3) is 1.00. The summed E-state index contributed by atoms with van der Waals surface area (Å²) in [5.41, 5.74) is 1.95. The Hall–Kier alpha value is -0.0400. The average Bonchev–Trinajstić information content (AvgIpc) is 2.20. The molecule has 0 heterocycles. The highest BCUT2D eigenvalue weighted by atomic mass is 14.9.